The quantitative estimate of drug-likeness (QED) is 0.763. The van der Waals surface area contributed by atoms with Crippen molar-refractivity contribution in [2.45, 2.75) is 19.8 Å². The summed E-state index contributed by atoms with van der Waals surface area (Å²) in [4.78, 5) is 4.67. The minimum Gasteiger partial charge on any atom is -0.388 e. The molecule has 0 aliphatic heterocycles. The number of thiocarbonyl (C=S) groups is 1. The van der Waals surface area contributed by atoms with Crippen LogP contribution in [0.3, 0.4) is 0 Å². The van der Waals surface area contributed by atoms with Gasteiger partial charge in [-0.1, -0.05) is 25.2 Å². The second kappa shape index (κ2) is 3.77. The summed E-state index contributed by atoms with van der Waals surface area (Å²) in [6.45, 7) is 3.25. The van der Waals surface area contributed by atoms with Crippen LogP contribution in [0.1, 0.15) is 25.5 Å². The number of anilines is 1. The molecule has 0 aromatic carbocycles. The zero-order chi connectivity index (χ0) is 10.9. The van der Waals surface area contributed by atoms with E-state index in [4.69, 9.17) is 18.0 Å². The van der Waals surface area contributed by atoms with Crippen molar-refractivity contribution in [3.8, 4) is 0 Å². The summed E-state index contributed by atoms with van der Waals surface area (Å²) < 4.78 is 0. The number of hydrogen-bond donors (Lipinski definition) is 2. The van der Waals surface area contributed by atoms with Gasteiger partial charge in [0.2, 0.25) is 0 Å². The number of rotatable bonds is 4. The summed E-state index contributed by atoms with van der Waals surface area (Å²) in [7, 11) is 0. The molecule has 80 valence electrons. The van der Waals surface area contributed by atoms with Crippen molar-refractivity contribution < 1.29 is 0 Å². The zero-order valence-corrected chi connectivity index (χ0v) is 9.60. The topological polar surface area (TPSA) is 50.9 Å². The molecule has 4 heteroatoms. The van der Waals surface area contributed by atoms with Crippen LogP contribution in [0, 0.1) is 5.41 Å². The van der Waals surface area contributed by atoms with Gasteiger partial charge in [-0.15, -0.1) is 0 Å². The minimum absolute atomic E-state index is 0.344. The maximum atomic E-state index is 5.52. The highest BCUT2D eigenvalue weighted by molar-refractivity contribution is 7.80. The molecule has 1 aromatic rings. The van der Waals surface area contributed by atoms with Crippen LogP contribution < -0.4 is 11.1 Å². The molecule has 1 saturated carbocycles. The van der Waals surface area contributed by atoms with Crippen LogP contribution >= 0.6 is 12.2 Å². The molecule has 0 spiro atoms. The fourth-order valence-corrected chi connectivity index (χ4v) is 1.48. The average molecular weight is 221 g/mol. The fraction of sp³-hybridized carbons (Fsp3) is 0.455. The van der Waals surface area contributed by atoms with Gasteiger partial charge in [-0.3, -0.25) is 0 Å². The standard InChI is InChI=1S/C11H15N3S/c1-11(5-6-11)7-13-9-4-2-3-8(14-9)10(12)15/h2-4H,5-7H2,1H3,(H2,12,15)(H,13,14). The number of nitrogens with zero attached hydrogens (tertiary/aromatic N) is 1. The molecule has 1 fully saturated rings. The van der Waals surface area contributed by atoms with Gasteiger partial charge >= 0.3 is 0 Å². The predicted molar refractivity (Wildman–Crippen MR) is 66.0 cm³/mol. The van der Waals surface area contributed by atoms with Gasteiger partial charge in [-0.05, 0) is 30.4 Å². The highest BCUT2D eigenvalue weighted by Crippen LogP contribution is 2.44. The van der Waals surface area contributed by atoms with Crippen molar-refractivity contribution in [1.82, 2.24) is 4.98 Å². The number of pyridine rings is 1. The molecule has 3 nitrogen and oxygen atoms in total. The molecule has 0 atom stereocenters. The van der Waals surface area contributed by atoms with Gasteiger partial charge < -0.3 is 11.1 Å². The smallest absolute Gasteiger partial charge is 0.126 e. The normalized spacial score (nSPS) is 17.1. The van der Waals surface area contributed by atoms with Gasteiger partial charge in [-0.25, -0.2) is 4.98 Å². The Morgan fingerprint density at radius 3 is 2.93 bits per heavy atom. The molecule has 1 aliphatic carbocycles. The van der Waals surface area contributed by atoms with Crippen LogP contribution in [0.25, 0.3) is 0 Å². The van der Waals surface area contributed by atoms with Crippen LogP contribution in [-0.2, 0) is 0 Å². The second-order valence-electron chi connectivity index (χ2n) is 4.44. The second-order valence-corrected chi connectivity index (χ2v) is 4.88. The van der Waals surface area contributed by atoms with Crippen molar-refractivity contribution in [1.29, 1.82) is 0 Å². The van der Waals surface area contributed by atoms with Crippen molar-refractivity contribution >= 4 is 23.0 Å². The largest absolute Gasteiger partial charge is 0.388 e. The van der Waals surface area contributed by atoms with E-state index in [0.29, 0.717) is 16.1 Å². The lowest BCUT2D eigenvalue weighted by atomic mass is 10.1. The molecule has 0 radical (unpaired) electrons. The van der Waals surface area contributed by atoms with Gasteiger partial charge in [0.15, 0.2) is 0 Å². The van der Waals surface area contributed by atoms with E-state index in [2.05, 4.69) is 17.2 Å². The Bertz CT molecular complexity index is 385. The van der Waals surface area contributed by atoms with Crippen molar-refractivity contribution in [2.75, 3.05) is 11.9 Å². The molecular formula is C11H15N3S. The number of hydrogen-bond acceptors (Lipinski definition) is 3. The summed E-state index contributed by atoms with van der Waals surface area (Å²) >= 11 is 4.88. The third kappa shape index (κ3) is 2.65. The fourth-order valence-electron chi connectivity index (χ4n) is 1.36. The molecule has 0 bridgehead atoms. The SMILES string of the molecule is CC1(CNc2cccc(C(N)=S)n2)CC1. The van der Waals surface area contributed by atoms with Gasteiger partial charge in [0.25, 0.3) is 0 Å². The Morgan fingerprint density at radius 2 is 2.33 bits per heavy atom. The van der Waals surface area contributed by atoms with Crippen LogP contribution in [0.5, 0.6) is 0 Å². The van der Waals surface area contributed by atoms with Crippen molar-refractivity contribution in [2.24, 2.45) is 11.1 Å². The third-order valence-electron chi connectivity index (χ3n) is 2.80. The number of nitrogens with one attached hydrogen (secondary N) is 1. The summed E-state index contributed by atoms with van der Waals surface area (Å²) in [5.74, 6) is 0.855. The van der Waals surface area contributed by atoms with E-state index in [0.717, 1.165) is 12.4 Å². The summed E-state index contributed by atoms with van der Waals surface area (Å²) in [6, 6.07) is 5.68. The van der Waals surface area contributed by atoms with Gasteiger partial charge in [0.05, 0.1) is 5.69 Å². The summed E-state index contributed by atoms with van der Waals surface area (Å²) in [5.41, 5.74) is 6.67. The van der Waals surface area contributed by atoms with E-state index >= 15 is 0 Å². The lowest BCUT2D eigenvalue weighted by molar-refractivity contribution is 0.609. The maximum Gasteiger partial charge on any atom is 0.126 e. The first-order valence-electron chi connectivity index (χ1n) is 5.10. The van der Waals surface area contributed by atoms with Crippen LogP contribution in [0.2, 0.25) is 0 Å². The predicted octanol–water partition coefficient (Wildman–Crippen LogP) is 1.93. The Hall–Kier alpha value is -1.16. The minimum atomic E-state index is 0.344. The zero-order valence-electron chi connectivity index (χ0n) is 8.79. The van der Waals surface area contributed by atoms with E-state index < -0.39 is 0 Å². The van der Waals surface area contributed by atoms with E-state index in [9.17, 15) is 0 Å². The van der Waals surface area contributed by atoms with E-state index in [-0.39, 0.29) is 0 Å². The molecule has 3 N–H and O–H groups in total. The molecule has 1 heterocycles. The molecule has 1 aromatic heterocycles. The van der Waals surface area contributed by atoms with E-state index in [1.54, 1.807) is 0 Å². The monoisotopic (exact) mass is 221 g/mol. The van der Waals surface area contributed by atoms with E-state index in [1.165, 1.54) is 12.8 Å². The lowest BCUT2D eigenvalue weighted by Gasteiger charge is -2.11. The molecule has 0 unspecified atom stereocenters. The molecule has 2 rings (SSSR count). The molecule has 0 saturated heterocycles. The van der Waals surface area contributed by atoms with Crippen LogP contribution in [0.4, 0.5) is 5.82 Å². The molecular weight excluding hydrogens is 206 g/mol. The van der Waals surface area contributed by atoms with E-state index in [1.807, 2.05) is 18.2 Å². The van der Waals surface area contributed by atoms with Crippen LogP contribution in [0.15, 0.2) is 18.2 Å². The highest BCUT2D eigenvalue weighted by atomic mass is 32.1. The Morgan fingerprint density at radius 1 is 1.60 bits per heavy atom. The molecule has 1 aliphatic rings. The van der Waals surface area contributed by atoms with Gasteiger partial charge in [0.1, 0.15) is 10.8 Å². The highest BCUT2D eigenvalue weighted by Gasteiger charge is 2.36. The lowest BCUT2D eigenvalue weighted by Crippen LogP contribution is -2.15. The summed E-state index contributed by atoms with van der Waals surface area (Å²) in [5, 5.41) is 3.32. The Labute approximate surface area is 95.1 Å². The maximum absolute atomic E-state index is 5.52. The Balaban J connectivity index is 2.01. The first-order chi connectivity index (χ1) is 7.09. The number of aromatic nitrogens is 1. The first kappa shape index (κ1) is 10.4. The molecule has 15 heavy (non-hydrogen) atoms. The van der Waals surface area contributed by atoms with Crippen molar-refractivity contribution in [3.05, 3.63) is 23.9 Å². The number of nitrogens with two attached hydrogens (primary N) is 1. The third-order valence-corrected chi connectivity index (χ3v) is 3.01. The first-order valence-corrected chi connectivity index (χ1v) is 5.51. The average Bonchev–Trinajstić information content (AvgIpc) is 2.95. The van der Waals surface area contributed by atoms with Crippen LogP contribution in [-0.4, -0.2) is 16.5 Å². The van der Waals surface area contributed by atoms with Crippen molar-refractivity contribution in [3.63, 3.8) is 0 Å². The van der Waals surface area contributed by atoms with Gasteiger partial charge in [0, 0.05) is 6.54 Å². The Kier molecular flexibility index (Phi) is 2.61. The molecule has 0 amide bonds. The summed E-state index contributed by atoms with van der Waals surface area (Å²) in [6.07, 6.45) is 2.60. The van der Waals surface area contributed by atoms with Gasteiger partial charge in [-0.2, -0.15) is 0 Å².